The van der Waals surface area contributed by atoms with Gasteiger partial charge in [-0.15, -0.1) is 0 Å². The first-order valence-electron chi connectivity index (χ1n) is 51.1. The van der Waals surface area contributed by atoms with Gasteiger partial charge in [0.05, 0.1) is 71.7 Å². The van der Waals surface area contributed by atoms with E-state index in [0.29, 0.717) is 17.6 Å². The Balaban J connectivity index is 0.000000106. The van der Waals surface area contributed by atoms with Gasteiger partial charge in [-0.25, -0.2) is 9.97 Å². The summed E-state index contributed by atoms with van der Waals surface area (Å²) in [7, 11) is 0. The molecule has 8 aromatic heterocycles. The second-order valence-electron chi connectivity index (χ2n) is 38.8. The summed E-state index contributed by atoms with van der Waals surface area (Å²) in [6, 6.07) is 196. The van der Waals surface area contributed by atoms with Gasteiger partial charge < -0.3 is 18.3 Å². The van der Waals surface area contributed by atoms with Crippen molar-refractivity contribution in [3.8, 4) is 113 Å². The molecule has 0 N–H and O–H groups in total. The van der Waals surface area contributed by atoms with E-state index in [0.717, 1.165) is 100 Å². The lowest BCUT2D eigenvalue weighted by atomic mass is 9.98. The van der Waals surface area contributed by atoms with E-state index in [4.69, 9.17) is 19.9 Å². The van der Waals surface area contributed by atoms with Gasteiger partial charge in [0.1, 0.15) is 5.82 Å². The smallest absolute Gasteiger partial charge is 0.238 e. The third kappa shape index (κ3) is 14.8. The maximum absolute atomic E-state index is 5.36. The maximum atomic E-state index is 5.36. The monoisotopic (exact) mass is 1910 g/mol. The highest BCUT2D eigenvalue weighted by molar-refractivity contribution is 6.21. The third-order valence-corrected chi connectivity index (χ3v) is 30.1. The number of pyridine rings is 1. The van der Waals surface area contributed by atoms with Gasteiger partial charge in [-0.3, -0.25) is 9.13 Å². The highest BCUT2D eigenvalue weighted by Crippen LogP contribution is 2.47. The Labute approximate surface area is 863 Å². The first kappa shape index (κ1) is 86.5. The second kappa shape index (κ2) is 36.0. The van der Waals surface area contributed by atoms with Crippen molar-refractivity contribution in [2.75, 3.05) is 0 Å². The average Bonchev–Trinajstić information content (AvgIpc) is 1.53. The molecule has 0 aliphatic rings. The number of rotatable bonds is 13. The lowest BCUT2D eigenvalue weighted by Gasteiger charge is -2.14. The van der Waals surface area contributed by atoms with Crippen LogP contribution in [-0.2, 0) is 0 Å². The van der Waals surface area contributed by atoms with Crippen LogP contribution in [0.3, 0.4) is 0 Å². The zero-order valence-corrected chi connectivity index (χ0v) is 81.4. The molecular formula is C140H90N10. The molecule has 10 nitrogen and oxygen atoms in total. The molecule has 0 fully saturated rings. The van der Waals surface area contributed by atoms with E-state index in [1.165, 1.54) is 159 Å². The molecule has 700 valence electrons. The van der Waals surface area contributed by atoms with Gasteiger partial charge in [0.15, 0.2) is 11.6 Å². The van der Waals surface area contributed by atoms with Crippen molar-refractivity contribution in [1.82, 2.24) is 47.3 Å². The van der Waals surface area contributed by atoms with Crippen LogP contribution >= 0.6 is 0 Å². The molecule has 0 saturated carbocycles. The molecule has 8 heterocycles. The standard InChI is InChI=1S/C48H32N2.C47H29N3.C45H29N5/c1-3-12-33(13-4-1)35-22-26-39(27-23-35)49-45-20-9-7-18-41(45)43-31-37(24-28-47(43)49)38-25-29-48-44(32-38)42-19-8-10-21-46(42)50(48)40-17-11-16-36(30-40)34-14-5-2-6-15-34;1-2-12-31-25-34(22-21-30(31)11-1)39-29-47(48-42-18-8-5-15-36(39)42)50-45-24-23-35(28-41(45)40-26-32-13-3-4-14-33(32)27-46(40)50)49-43-19-9-6-16-37(43)38-17-7-10-20-44(38)49;1-4-15-30(16-5-1)32-19-14-20-33(27-32)44-46-43(31-17-6-2-7-18-31)47-45(48-44)50-40-26-13-11-24-36(40)38-28-37-35-23-10-12-25-39(35)49(41(37)29-42(38)50)34-21-8-3-9-22-34/h1-32H;2*1-29H. The van der Waals surface area contributed by atoms with E-state index in [9.17, 15) is 0 Å². The number of fused-ring (bicyclic) bond motifs is 21. The number of para-hydroxylation sites is 8. The number of nitrogens with zero attached hydrogens (tertiary/aromatic N) is 10. The Morgan fingerprint density at radius 3 is 1.01 bits per heavy atom. The molecule has 0 radical (unpaired) electrons. The number of aromatic nitrogens is 10. The van der Waals surface area contributed by atoms with Crippen molar-refractivity contribution in [1.29, 1.82) is 0 Å². The lowest BCUT2D eigenvalue weighted by molar-refractivity contribution is 0.953. The van der Waals surface area contributed by atoms with Crippen LogP contribution in [0.2, 0.25) is 0 Å². The summed E-state index contributed by atoms with van der Waals surface area (Å²) in [4.78, 5) is 20.9. The third-order valence-electron chi connectivity index (χ3n) is 30.1. The van der Waals surface area contributed by atoms with Gasteiger partial charge in [-0.2, -0.15) is 9.97 Å². The van der Waals surface area contributed by atoms with Crippen molar-refractivity contribution < 1.29 is 0 Å². The quantitative estimate of drug-likeness (QED) is 0.115. The molecular weight excluding hydrogens is 1820 g/mol. The molecule has 0 atom stereocenters. The number of hydrogen-bond donors (Lipinski definition) is 0. The van der Waals surface area contributed by atoms with Crippen molar-refractivity contribution in [3.05, 3.63) is 546 Å². The molecule has 31 aromatic rings. The molecule has 0 spiro atoms. The molecule has 0 saturated heterocycles. The summed E-state index contributed by atoms with van der Waals surface area (Å²) < 4.78 is 14.1. The van der Waals surface area contributed by atoms with Crippen molar-refractivity contribution >= 4 is 163 Å². The highest BCUT2D eigenvalue weighted by Gasteiger charge is 2.26. The predicted molar refractivity (Wildman–Crippen MR) is 627 cm³/mol. The Hall–Kier alpha value is -20.2. The van der Waals surface area contributed by atoms with Crippen LogP contribution in [0.15, 0.2) is 546 Å². The van der Waals surface area contributed by atoms with E-state index in [1.54, 1.807) is 0 Å². The molecule has 0 aliphatic carbocycles. The molecule has 0 aliphatic heterocycles. The molecule has 0 bridgehead atoms. The fourth-order valence-corrected chi connectivity index (χ4v) is 23.2. The summed E-state index contributed by atoms with van der Waals surface area (Å²) in [5, 5.41) is 20.7. The molecule has 0 unspecified atom stereocenters. The van der Waals surface area contributed by atoms with E-state index in [-0.39, 0.29) is 0 Å². The van der Waals surface area contributed by atoms with Crippen molar-refractivity contribution in [2.45, 2.75) is 0 Å². The van der Waals surface area contributed by atoms with Gasteiger partial charge in [0, 0.05) is 104 Å². The number of benzene rings is 23. The zero-order chi connectivity index (χ0) is 98.8. The zero-order valence-electron chi connectivity index (χ0n) is 81.4. The molecule has 150 heavy (non-hydrogen) atoms. The van der Waals surface area contributed by atoms with Gasteiger partial charge in [0.25, 0.3) is 0 Å². The summed E-state index contributed by atoms with van der Waals surface area (Å²) in [5.41, 5.74) is 33.2. The first-order valence-corrected chi connectivity index (χ1v) is 51.1. The fourth-order valence-electron chi connectivity index (χ4n) is 23.2. The summed E-state index contributed by atoms with van der Waals surface area (Å²) in [6.45, 7) is 0. The topological polar surface area (TPSA) is 81.1 Å². The van der Waals surface area contributed by atoms with Gasteiger partial charge in [0.2, 0.25) is 5.95 Å². The minimum Gasteiger partial charge on any atom is -0.309 e. The summed E-state index contributed by atoms with van der Waals surface area (Å²) in [5.74, 6) is 2.73. The Bertz CT molecular complexity index is 10700. The molecule has 23 aromatic carbocycles. The Kier molecular flexibility index (Phi) is 20.7. The maximum Gasteiger partial charge on any atom is 0.238 e. The summed E-state index contributed by atoms with van der Waals surface area (Å²) >= 11 is 0. The second-order valence-corrected chi connectivity index (χ2v) is 38.8. The predicted octanol–water partition coefficient (Wildman–Crippen LogP) is 36.4. The van der Waals surface area contributed by atoms with E-state index < -0.39 is 0 Å². The minimum atomic E-state index is 0.576. The van der Waals surface area contributed by atoms with E-state index in [1.807, 2.05) is 24.3 Å². The Morgan fingerprint density at radius 2 is 0.447 bits per heavy atom. The van der Waals surface area contributed by atoms with E-state index >= 15 is 0 Å². The lowest BCUT2D eigenvalue weighted by Crippen LogP contribution is -2.06. The minimum absolute atomic E-state index is 0.576. The van der Waals surface area contributed by atoms with Crippen LogP contribution in [0.25, 0.3) is 276 Å². The molecule has 31 rings (SSSR count). The highest BCUT2D eigenvalue weighted by atomic mass is 15.2. The molecule has 0 amide bonds. The van der Waals surface area contributed by atoms with Crippen molar-refractivity contribution in [2.24, 2.45) is 0 Å². The largest absolute Gasteiger partial charge is 0.309 e. The van der Waals surface area contributed by atoms with Gasteiger partial charge in [-0.1, -0.05) is 382 Å². The normalized spacial score (nSPS) is 11.7. The van der Waals surface area contributed by atoms with Gasteiger partial charge >= 0.3 is 0 Å². The van der Waals surface area contributed by atoms with Crippen LogP contribution in [-0.4, -0.2) is 47.3 Å². The van der Waals surface area contributed by atoms with Crippen molar-refractivity contribution in [3.63, 3.8) is 0 Å². The van der Waals surface area contributed by atoms with Crippen LogP contribution in [0.5, 0.6) is 0 Å². The van der Waals surface area contributed by atoms with Crippen LogP contribution in [0.4, 0.5) is 0 Å². The average molecular weight is 1910 g/mol. The first-order chi connectivity index (χ1) is 74.4. The fraction of sp³-hybridized carbons (Fsp3) is 0. The molecule has 10 heteroatoms. The van der Waals surface area contributed by atoms with Crippen LogP contribution in [0.1, 0.15) is 0 Å². The SMILES string of the molecule is c1ccc(-c2ccc(-n3c4ccccc4c4cc(-c5ccc6c(c5)c5ccccc5n6-c5cccc(-c6ccccc6)c5)ccc43)cc2)cc1.c1ccc(-c2cccc(-c3nc(-c4ccccc4)nc(-n4c5ccccc5c5cc6c7ccccc7n(-c7ccccc7)c6cc54)n3)c2)cc1.c1ccc2cc(-c3cc(-n4c5ccc(-n6c7ccccc7c7ccccc76)cc5c5cc6ccccc6cc54)nc4ccccc34)ccc2c1. The van der Waals surface area contributed by atoms with Crippen LogP contribution in [0, 0.1) is 0 Å². The summed E-state index contributed by atoms with van der Waals surface area (Å²) in [6.07, 6.45) is 0. The number of hydrogen-bond acceptors (Lipinski definition) is 4. The van der Waals surface area contributed by atoms with Crippen LogP contribution < -0.4 is 0 Å². The van der Waals surface area contributed by atoms with Gasteiger partial charge in [-0.05, 0) is 241 Å². The Morgan fingerprint density at radius 1 is 0.127 bits per heavy atom. The van der Waals surface area contributed by atoms with E-state index in [2.05, 4.69) is 549 Å².